The monoisotopic (exact) mass is 377 g/mol. The van der Waals surface area contributed by atoms with Crippen molar-refractivity contribution in [1.82, 2.24) is 0 Å². The van der Waals surface area contributed by atoms with Crippen LogP contribution in [0.15, 0.2) is 0 Å². The number of carbonyl (C=O) groups is 1. The highest BCUT2D eigenvalue weighted by atomic mass is 16.7. The fourth-order valence-electron chi connectivity index (χ4n) is 4.94. The van der Waals surface area contributed by atoms with Crippen LogP contribution >= 0.6 is 0 Å². The summed E-state index contributed by atoms with van der Waals surface area (Å²) >= 11 is 0. The zero-order valence-electron chi connectivity index (χ0n) is 17.0. The highest BCUT2D eigenvalue weighted by Crippen LogP contribution is 2.43. The van der Waals surface area contributed by atoms with Gasteiger partial charge in [-0.1, -0.05) is 45.4 Å². The molecule has 0 aromatic heterocycles. The van der Waals surface area contributed by atoms with Gasteiger partial charge in [0.25, 0.3) is 0 Å². The normalized spacial score (nSPS) is 38.1. The molecule has 3 fully saturated rings. The molecule has 27 heavy (non-hydrogen) atoms. The van der Waals surface area contributed by atoms with Gasteiger partial charge in [-0.25, -0.2) is 0 Å². The minimum atomic E-state index is -1.33. The fourth-order valence-corrected chi connectivity index (χ4v) is 4.94. The van der Waals surface area contributed by atoms with E-state index in [1.165, 1.54) is 32.1 Å². The number of nitriles is 1. The van der Waals surface area contributed by atoms with Crippen molar-refractivity contribution in [3.8, 4) is 6.07 Å². The van der Waals surface area contributed by atoms with Crippen LogP contribution in [0.25, 0.3) is 0 Å². The van der Waals surface area contributed by atoms with Gasteiger partial charge >= 0.3 is 5.97 Å². The Labute approximate surface area is 163 Å². The third-order valence-corrected chi connectivity index (χ3v) is 6.90. The molecule has 0 atom stereocenters. The van der Waals surface area contributed by atoms with E-state index < -0.39 is 17.0 Å². The predicted octanol–water partition coefficient (Wildman–Crippen LogP) is 4.74. The van der Waals surface area contributed by atoms with E-state index in [0.717, 1.165) is 50.4 Å². The van der Waals surface area contributed by atoms with E-state index in [1.807, 2.05) is 6.92 Å². The molecule has 0 spiro atoms. The first kappa shape index (κ1) is 20.6. The molecule has 0 aromatic rings. The van der Waals surface area contributed by atoms with Crippen molar-refractivity contribution in [3.05, 3.63) is 0 Å². The lowest BCUT2D eigenvalue weighted by Crippen LogP contribution is -2.50. The zero-order chi connectivity index (χ0) is 19.3. The molecule has 0 bridgehead atoms. The largest absolute Gasteiger partial charge is 0.458 e. The molecular formula is C22H35NO4. The molecule has 0 unspecified atom stereocenters. The Morgan fingerprint density at radius 2 is 1.67 bits per heavy atom. The molecule has 1 saturated heterocycles. The van der Waals surface area contributed by atoms with Crippen LogP contribution in [0.3, 0.4) is 0 Å². The van der Waals surface area contributed by atoms with Gasteiger partial charge in [-0.2, -0.15) is 5.26 Å². The molecule has 2 aliphatic carbocycles. The van der Waals surface area contributed by atoms with E-state index in [1.54, 1.807) is 0 Å². The van der Waals surface area contributed by atoms with Crippen molar-refractivity contribution in [2.24, 2.45) is 17.3 Å². The van der Waals surface area contributed by atoms with Gasteiger partial charge < -0.3 is 14.2 Å². The maximum atomic E-state index is 12.9. The standard InChI is InChI=1S/C22H35NO4/c1-3-7-19-25-15-22(14-23,16-26-19)20(24)27-21(2)12-10-18(11-13-21)17-8-5-4-6-9-17/h17-19H,3-13,15-16H2,1-2H3/t18-,19-,21-,22+. The summed E-state index contributed by atoms with van der Waals surface area (Å²) in [6.45, 7) is 4.21. The van der Waals surface area contributed by atoms with Gasteiger partial charge in [0.15, 0.2) is 6.29 Å². The molecule has 3 rings (SSSR count). The summed E-state index contributed by atoms with van der Waals surface area (Å²) in [6.07, 6.45) is 12.3. The van der Waals surface area contributed by atoms with Crippen LogP contribution in [0.4, 0.5) is 0 Å². The topological polar surface area (TPSA) is 68.5 Å². The van der Waals surface area contributed by atoms with Crippen LogP contribution in [-0.4, -0.2) is 31.1 Å². The SMILES string of the molecule is CCC[C@H]1OC[C@@](C#N)(C(=O)O[C@]2(C)CC[C@@H](C3CCCCC3)CC2)CO1. The quantitative estimate of drug-likeness (QED) is 0.647. The van der Waals surface area contributed by atoms with E-state index in [9.17, 15) is 10.1 Å². The Hall–Kier alpha value is -1.12. The average Bonchev–Trinajstić information content (AvgIpc) is 2.70. The van der Waals surface area contributed by atoms with E-state index >= 15 is 0 Å². The molecule has 0 amide bonds. The Balaban J connectivity index is 1.53. The summed E-state index contributed by atoms with van der Waals surface area (Å²) in [5.74, 6) is 1.16. The minimum absolute atomic E-state index is 0.0633. The van der Waals surface area contributed by atoms with Crippen molar-refractivity contribution in [3.63, 3.8) is 0 Å². The molecular weight excluding hydrogens is 342 g/mol. The molecule has 0 N–H and O–H groups in total. The van der Waals surface area contributed by atoms with Crippen molar-refractivity contribution in [1.29, 1.82) is 5.26 Å². The van der Waals surface area contributed by atoms with Crippen LogP contribution in [0.1, 0.15) is 84.5 Å². The van der Waals surface area contributed by atoms with Gasteiger partial charge in [0.05, 0.1) is 19.3 Å². The van der Waals surface area contributed by atoms with Crippen LogP contribution in [0.2, 0.25) is 0 Å². The van der Waals surface area contributed by atoms with Crippen molar-refractivity contribution < 1.29 is 19.0 Å². The number of ether oxygens (including phenoxy) is 3. The highest BCUT2D eigenvalue weighted by Gasteiger charge is 2.48. The van der Waals surface area contributed by atoms with Gasteiger partial charge in [0, 0.05) is 0 Å². The smallest absolute Gasteiger partial charge is 0.331 e. The lowest BCUT2D eigenvalue weighted by atomic mass is 9.70. The first-order chi connectivity index (χ1) is 13.0. The summed E-state index contributed by atoms with van der Waals surface area (Å²) in [7, 11) is 0. The fraction of sp³-hybridized carbons (Fsp3) is 0.909. The van der Waals surface area contributed by atoms with Crippen LogP contribution in [0.5, 0.6) is 0 Å². The van der Waals surface area contributed by atoms with Gasteiger partial charge in [-0.3, -0.25) is 4.79 Å². The number of nitrogens with zero attached hydrogens (tertiary/aromatic N) is 1. The van der Waals surface area contributed by atoms with Crippen LogP contribution in [-0.2, 0) is 19.0 Å². The predicted molar refractivity (Wildman–Crippen MR) is 102 cm³/mol. The minimum Gasteiger partial charge on any atom is -0.458 e. The highest BCUT2D eigenvalue weighted by molar-refractivity contribution is 5.81. The van der Waals surface area contributed by atoms with Crippen molar-refractivity contribution in [2.75, 3.05) is 13.2 Å². The summed E-state index contributed by atoms with van der Waals surface area (Å²) < 4.78 is 17.2. The summed E-state index contributed by atoms with van der Waals surface area (Å²) in [4.78, 5) is 12.9. The molecule has 1 heterocycles. The van der Waals surface area contributed by atoms with E-state index in [2.05, 4.69) is 13.0 Å². The average molecular weight is 378 g/mol. The molecule has 3 aliphatic rings. The summed E-state index contributed by atoms with van der Waals surface area (Å²) in [5, 5.41) is 9.64. The van der Waals surface area contributed by atoms with E-state index in [-0.39, 0.29) is 19.5 Å². The number of hydrogen-bond acceptors (Lipinski definition) is 5. The maximum Gasteiger partial charge on any atom is 0.331 e. The van der Waals surface area contributed by atoms with E-state index in [0.29, 0.717) is 0 Å². The number of esters is 1. The first-order valence-electron chi connectivity index (χ1n) is 10.9. The summed E-state index contributed by atoms with van der Waals surface area (Å²) in [6, 6.07) is 2.12. The summed E-state index contributed by atoms with van der Waals surface area (Å²) in [5.41, 5.74) is -1.79. The third kappa shape index (κ3) is 4.84. The molecule has 0 aromatic carbocycles. The van der Waals surface area contributed by atoms with Crippen LogP contribution < -0.4 is 0 Å². The lowest BCUT2D eigenvalue weighted by Gasteiger charge is -2.42. The second-order valence-corrected chi connectivity index (χ2v) is 9.11. The molecule has 152 valence electrons. The number of carbonyl (C=O) groups excluding carboxylic acids is 1. The second-order valence-electron chi connectivity index (χ2n) is 9.11. The Morgan fingerprint density at radius 3 is 2.22 bits per heavy atom. The second kappa shape index (κ2) is 8.92. The molecule has 1 aliphatic heterocycles. The zero-order valence-corrected chi connectivity index (χ0v) is 17.0. The Kier molecular flexibility index (Phi) is 6.81. The lowest BCUT2D eigenvalue weighted by molar-refractivity contribution is -0.232. The third-order valence-electron chi connectivity index (χ3n) is 6.90. The number of rotatable bonds is 5. The Morgan fingerprint density at radius 1 is 1.07 bits per heavy atom. The molecule has 2 saturated carbocycles. The van der Waals surface area contributed by atoms with Gasteiger partial charge in [-0.15, -0.1) is 0 Å². The molecule has 0 radical (unpaired) electrons. The number of hydrogen-bond donors (Lipinski definition) is 0. The Bertz CT molecular complexity index is 533. The van der Waals surface area contributed by atoms with Crippen molar-refractivity contribution >= 4 is 5.97 Å². The molecule has 5 nitrogen and oxygen atoms in total. The van der Waals surface area contributed by atoms with Gasteiger partial charge in [0.2, 0.25) is 5.41 Å². The van der Waals surface area contributed by atoms with Crippen LogP contribution in [0, 0.1) is 28.6 Å². The maximum absolute atomic E-state index is 12.9. The first-order valence-corrected chi connectivity index (χ1v) is 10.9. The molecule has 5 heteroatoms. The van der Waals surface area contributed by atoms with Crippen molar-refractivity contribution in [2.45, 2.75) is 96.4 Å². The van der Waals surface area contributed by atoms with Gasteiger partial charge in [-0.05, 0) is 50.9 Å². The van der Waals surface area contributed by atoms with Gasteiger partial charge in [0.1, 0.15) is 5.60 Å². The van der Waals surface area contributed by atoms with E-state index in [4.69, 9.17) is 14.2 Å².